The van der Waals surface area contributed by atoms with Gasteiger partial charge in [0.05, 0.1) is 17.7 Å². The monoisotopic (exact) mass is 467 g/mol. The van der Waals surface area contributed by atoms with E-state index in [4.69, 9.17) is 4.74 Å². The molecule has 2 amide bonds. The Morgan fingerprint density at radius 1 is 0.818 bits per heavy atom. The van der Waals surface area contributed by atoms with E-state index in [1.165, 1.54) is 38.3 Å². The molecule has 0 spiro atoms. The molecule has 0 saturated heterocycles. The van der Waals surface area contributed by atoms with Gasteiger partial charge in [-0.05, 0) is 79.6 Å². The van der Waals surface area contributed by atoms with E-state index in [2.05, 4.69) is 15.4 Å². The van der Waals surface area contributed by atoms with Gasteiger partial charge in [-0.2, -0.15) is 0 Å². The van der Waals surface area contributed by atoms with Crippen molar-refractivity contribution in [2.24, 2.45) is 0 Å². The number of benzene rings is 3. The molecule has 0 heterocycles. The summed E-state index contributed by atoms with van der Waals surface area (Å²) >= 11 is 0. The first-order valence-corrected chi connectivity index (χ1v) is 11.5. The van der Waals surface area contributed by atoms with Gasteiger partial charge >= 0.3 is 0 Å². The van der Waals surface area contributed by atoms with E-state index >= 15 is 0 Å². The summed E-state index contributed by atoms with van der Waals surface area (Å²) in [6.45, 7) is 5.22. The maximum Gasteiger partial charge on any atom is 0.261 e. The Morgan fingerprint density at radius 2 is 1.48 bits per heavy atom. The van der Waals surface area contributed by atoms with Crippen molar-refractivity contribution in [3.05, 3.63) is 77.4 Å². The summed E-state index contributed by atoms with van der Waals surface area (Å²) in [6, 6.07) is 15.7. The van der Waals surface area contributed by atoms with E-state index in [9.17, 15) is 18.0 Å². The maximum atomic E-state index is 12.7. The van der Waals surface area contributed by atoms with Crippen molar-refractivity contribution in [3.8, 4) is 5.75 Å². The maximum absolute atomic E-state index is 12.7. The Bertz CT molecular complexity index is 1300. The minimum atomic E-state index is -3.80. The van der Waals surface area contributed by atoms with Gasteiger partial charge in [-0.3, -0.25) is 14.3 Å². The molecule has 0 atom stereocenters. The van der Waals surface area contributed by atoms with Crippen molar-refractivity contribution in [2.75, 3.05) is 22.5 Å². The van der Waals surface area contributed by atoms with Crippen molar-refractivity contribution in [3.63, 3.8) is 0 Å². The zero-order chi connectivity index (χ0) is 24.2. The number of rotatable bonds is 7. The summed E-state index contributed by atoms with van der Waals surface area (Å²) in [5, 5.41) is 5.36. The van der Waals surface area contributed by atoms with Crippen LogP contribution < -0.4 is 20.1 Å². The fourth-order valence-electron chi connectivity index (χ4n) is 3.08. The van der Waals surface area contributed by atoms with E-state index in [1.807, 2.05) is 19.9 Å². The molecule has 3 aromatic carbocycles. The smallest absolute Gasteiger partial charge is 0.261 e. The predicted molar refractivity (Wildman–Crippen MR) is 128 cm³/mol. The van der Waals surface area contributed by atoms with E-state index in [0.29, 0.717) is 22.8 Å². The van der Waals surface area contributed by atoms with Crippen molar-refractivity contribution >= 4 is 38.9 Å². The van der Waals surface area contributed by atoms with Crippen LogP contribution in [0, 0.1) is 13.8 Å². The van der Waals surface area contributed by atoms with Crippen LogP contribution >= 0.6 is 0 Å². The van der Waals surface area contributed by atoms with Crippen LogP contribution in [-0.2, 0) is 14.8 Å². The molecule has 8 nitrogen and oxygen atoms in total. The third-order valence-corrected chi connectivity index (χ3v) is 6.35. The summed E-state index contributed by atoms with van der Waals surface area (Å²) in [5.41, 5.74) is 3.64. The summed E-state index contributed by atoms with van der Waals surface area (Å²) in [7, 11) is -2.33. The zero-order valence-corrected chi connectivity index (χ0v) is 19.5. The Labute approximate surface area is 193 Å². The van der Waals surface area contributed by atoms with Gasteiger partial charge in [0.2, 0.25) is 5.91 Å². The molecule has 3 aromatic rings. The molecular formula is C24H25N3O5S. The predicted octanol–water partition coefficient (Wildman–Crippen LogP) is 4.32. The number of aryl methyl sites for hydroxylation is 2. The highest BCUT2D eigenvalue weighted by atomic mass is 32.2. The quantitative estimate of drug-likeness (QED) is 0.479. The number of methoxy groups -OCH3 is 1. The van der Waals surface area contributed by atoms with Crippen LogP contribution in [-0.4, -0.2) is 27.3 Å². The molecule has 0 aromatic heterocycles. The Balaban J connectivity index is 1.74. The first-order valence-electron chi connectivity index (χ1n) is 10.1. The number of sulfonamides is 1. The van der Waals surface area contributed by atoms with Crippen LogP contribution in [0.15, 0.2) is 65.6 Å². The number of ether oxygens (including phenoxy) is 1. The average Bonchev–Trinajstić information content (AvgIpc) is 2.76. The number of hydrogen-bond acceptors (Lipinski definition) is 5. The van der Waals surface area contributed by atoms with Gasteiger partial charge in [0, 0.05) is 23.9 Å². The normalized spacial score (nSPS) is 10.9. The molecule has 0 aliphatic heterocycles. The van der Waals surface area contributed by atoms with Crippen LogP contribution in [0.1, 0.15) is 28.4 Å². The van der Waals surface area contributed by atoms with E-state index in [0.717, 1.165) is 11.1 Å². The van der Waals surface area contributed by atoms with Crippen LogP contribution in [0.3, 0.4) is 0 Å². The fourth-order valence-corrected chi connectivity index (χ4v) is 4.13. The van der Waals surface area contributed by atoms with E-state index in [-0.39, 0.29) is 16.4 Å². The first-order chi connectivity index (χ1) is 15.6. The second-order valence-corrected chi connectivity index (χ2v) is 9.16. The van der Waals surface area contributed by atoms with Crippen LogP contribution in [0.2, 0.25) is 0 Å². The van der Waals surface area contributed by atoms with Crippen LogP contribution in [0.5, 0.6) is 5.75 Å². The van der Waals surface area contributed by atoms with Crippen LogP contribution in [0.4, 0.5) is 17.1 Å². The van der Waals surface area contributed by atoms with Crippen molar-refractivity contribution in [2.45, 2.75) is 25.7 Å². The third-order valence-electron chi connectivity index (χ3n) is 4.95. The van der Waals surface area contributed by atoms with E-state index < -0.39 is 15.9 Å². The van der Waals surface area contributed by atoms with Gasteiger partial charge in [0.25, 0.3) is 15.9 Å². The molecule has 0 fully saturated rings. The highest BCUT2D eigenvalue weighted by Crippen LogP contribution is 2.28. The number of amides is 2. The SMILES string of the molecule is COc1ccc(NC(=O)c2ccc(S(=O)(=O)Nc3ccc(C)c(C)c3)cc2)cc1NC(C)=O. The molecule has 0 radical (unpaired) electrons. The molecule has 0 bridgehead atoms. The fraction of sp³-hybridized carbons (Fsp3) is 0.167. The van der Waals surface area contributed by atoms with Gasteiger partial charge in [0.15, 0.2) is 0 Å². The Morgan fingerprint density at radius 3 is 2.09 bits per heavy atom. The second-order valence-electron chi connectivity index (χ2n) is 7.48. The van der Waals surface area contributed by atoms with Crippen molar-refractivity contribution in [1.29, 1.82) is 0 Å². The zero-order valence-electron chi connectivity index (χ0n) is 18.7. The highest BCUT2D eigenvalue weighted by Gasteiger charge is 2.16. The molecule has 0 aliphatic rings. The number of carbonyl (C=O) groups is 2. The Kier molecular flexibility index (Phi) is 7.03. The van der Waals surface area contributed by atoms with E-state index in [1.54, 1.807) is 30.3 Å². The molecule has 172 valence electrons. The summed E-state index contributed by atoms with van der Waals surface area (Å²) < 4.78 is 33.1. The van der Waals surface area contributed by atoms with Gasteiger partial charge < -0.3 is 15.4 Å². The summed E-state index contributed by atoms with van der Waals surface area (Å²) in [5.74, 6) is -0.253. The van der Waals surface area contributed by atoms with Crippen molar-refractivity contribution in [1.82, 2.24) is 0 Å². The second kappa shape index (κ2) is 9.74. The Hall–Kier alpha value is -3.85. The third kappa shape index (κ3) is 5.89. The lowest BCUT2D eigenvalue weighted by atomic mass is 10.1. The number of nitrogens with one attached hydrogen (secondary N) is 3. The summed E-state index contributed by atoms with van der Waals surface area (Å²) in [6.07, 6.45) is 0. The standard InChI is InChI=1S/C24H25N3O5S/c1-15-5-8-20(13-16(15)2)27-33(30,31)21-10-6-18(7-11-21)24(29)26-19-9-12-23(32-4)22(14-19)25-17(3)28/h5-14,27H,1-4H3,(H,25,28)(H,26,29). The first kappa shape index (κ1) is 23.8. The number of hydrogen-bond donors (Lipinski definition) is 3. The minimum absolute atomic E-state index is 0.0367. The van der Waals surface area contributed by atoms with Gasteiger partial charge in [-0.15, -0.1) is 0 Å². The molecule has 0 unspecified atom stereocenters. The molecule has 3 rings (SSSR count). The number of carbonyl (C=O) groups excluding carboxylic acids is 2. The lowest BCUT2D eigenvalue weighted by molar-refractivity contribution is -0.114. The lowest BCUT2D eigenvalue weighted by Crippen LogP contribution is -2.15. The molecule has 9 heteroatoms. The minimum Gasteiger partial charge on any atom is -0.495 e. The highest BCUT2D eigenvalue weighted by molar-refractivity contribution is 7.92. The average molecular weight is 468 g/mol. The lowest BCUT2D eigenvalue weighted by Gasteiger charge is -2.12. The van der Waals surface area contributed by atoms with Crippen molar-refractivity contribution < 1.29 is 22.7 Å². The topological polar surface area (TPSA) is 114 Å². The molecule has 33 heavy (non-hydrogen) atoms. The largest absolute Gasteiger partial charge is 0.495 e. The molecular weight excluding hydrogens is 442 g/mol. The number of anilines is 3. The molecule has 3 N–H and O–H groups in total. The van der Waals surface area contributed by atoms with Gasteiger partial charge in [-0.25, -0.2) is 8.42 Å². The molecule has 0 saturated carbocycles. The summed E-state index contributed by atoms with van der Waals surface area (Å²) in [4.78, 5) is 24.1. The van der Waals surface area contributed by atoms with Crippen LogP contribution in [0.25, 0.3) is 0 Å². The van der Waals surface area contributed by atoms with Gasteiger partial charge in [0.1, 0.15) is 5.75 Å². The molecule has 0 aliphatic carbocycles. The van der Waals surface area contributed by atoms with Gasteiger partial charge in [-0.1, -0.05) is 6.07 Å².